The average Bonchev–Trinajstić information content (AvgIpc) is 2.48. The Kier molecular flexibility index (Phi) is 5.34. The quantitative estimate of drug-likeness (QED) is 0.792. The van der Waals surface area contributed by atoms with E-state index in [0.717, 1.165) is 30.6 Å². The third kappa shape index (κ3) is 3.82. The van der Waals surface area contributed by atoms with Gasteiger partial charge in [-0.3, -0.25) is 0 Å². The smallest absolute Gasteiger partial charge is 0.106 e. The van der Waals surface area contributed by atoms with Gasteiger partial charge in [0.1, 0.15) is 4.99 Å². The van der Waals surface area contributed by atoms with Crippen LogP contribution < -0.4 is 10.6 Å². The summed E-state index contributed by atoms with van der Waals surface area (Å²) in [5.41, 5.74) is 10.3. The van der Waals surface area contributed by atoms with Crippen LogP contribution in [0.2, 0.25) is 0 Å². The SMILES string of the molecule is CCCCN(c1ccccc1)c1cc(C)ccc1C(N)=S. The number of nitrogens with zero attached hydrogens (tertiary/aromatic N) is 1. The first-order valence-corrected chi connectivity index (χ1v) is 7.77. The van der Waals surface area contributed by atoms with E-state index >= 15 is 0 Å². The fraction of sp³-hybridized carbons (Fsp3) is 0.278. The number of para-hydroxylation sites is 1. The molecule has 0 saturated carbocycles. The Labute approximate surface area is 132 Å². The molecule has 3 heteroatoms. The van der Waals surface area contributed by atoms with E-state index in [2.05, 4.69) is 55.1 Å². The van der Waals surface area contributed by atoms with Crippen molar-refractivity contribution < 1.29 is 0 Å². The Hall–Kier alpha value is -1.87. The summed E-state index contributed by atoms with van der Waals surface area (Å²) in [6.07, 6.45) is 2.27. The highest BCUT2D eigenvalue weighted by atomic mass is 32.1. The summed E-state index contributed by atoms with van der Waals surface area (Å²) in [6, 6.07) is 16.6. The van der Waals surface area contributed by atoms with Crippen LogP contribution in [0.1, 0.15) is 30.9 Å². The van der Waals surface area contributed by atoms with Crippen LogP contribution in [0.5, 0.6) is 0 Å². The lowest BCUT2D eigenvalue weighted by Crippen LogP contribution is -2.22. The molecule has 2 nitrogen and oxygen atoms in total. The molecule has 110 valence electrons. The molecule has 0 aliphatic carbocycles. The first kappa shape index (κ1) is 15.5. The third-order valence-electron chi connectivity index (χ3n) is 3.51. The summed E-state index contributed by atoms with van der Waals surface area (Å²) in [7, 11) is 0. The minimum Gasteiger partial charge on any atom is -0.389 e. The van der Waals surface area contributed by atoms with Crippen molar-refractivity contribution in [1.82, 2.24) is 0 Å². The zero-order valence-electron chi connectivity index (χ0n) is 12.7. The highest BCUT2D eigenvalue weighted by Crippen LogP contribution is 2.30. The second-order valence-corrected chi connectivity index (χ2v) is 5.67. The lowest BCUT2D eigenvalue weighted by molar-refractivity contribution is 0.785. The van der Waals surface area contributed by atoms with Crippen molar-refractivity contribution in [1.29, 1.82) is 0 Å². The third-order valence-corrected chi connectivity index (χ3v) is 3.73. The van der Waals surface area contributed by atoms with Crippen LogP contribution in [-0.2, 0) is 0 Å². The monoisotopic (exact) mass is 298 g/mol. The van der Waals surface area contributed by atoms with Crippen molar-refractivity contribution in [3.63, 3.8) is 0 Å². The molecule has 2 aromatic rings. The minimum atomic E-state index is 0.447. The molecule has 0 unspecified atom stereocenters. The molecule has 0 atom stereocenters. The molecular formula is C18H22N2S. The highest BCUT2D eigenvalue weighted by Gasteiger charge is 2.14. The summed E-state index contributed by atoms with van der Waals surface area (Å²) in [4.78, 5) is 2.76. The number of anilines is 2. The molecule has 0 saturated heterocycles. The van der Waals surface area contributed by atoms with Gasteiger partial charge in [0.2, 0.25) is 0 Å². The molecule has 21 heavy (non-hydrogen) atoms. The van der Waals surface area contributed by atoms with Gasteiger partial charge >= 0.3 is 0 Å². The first-order chi connectivity index (χ1) is 10.1. The first-order valence-electron chi connectivity index (χ1n) is 7.36. The van der Waals surface area contributed by atoms with Crippen LogP contribution in [-0.4, -0.2) is 11.5 Å². The predicted octanol–water partition coefficient (Wildman–Crippen LogP) is 4.57. The fourth-order valence-electron chi connectivity index (χ4n) is 2.39. The van der Waals surface area contributed by atoms with Crippen LogP contribution in [0, 0.1) is 6.92 Å². The molecule has 0 amide bonds. The maximum Gasteiger partial charge on any atom is 0.106 e. The van der Waals surface area contributed by atoms with Gasteiger partial charge in [-0.05, 0) is 43.2 Å². The highest BCUT2D eigenvalue weighted by molar-refractivity contribution is 7.80. The number of nitrogens with two attached hydrogens (primary N) is 1. The van der Waals surface area contributed by atoms with E-state index in [4.69, 9.17) is 18.0 Å². The van der Waals surface area contributed by atoms with E-state index in [1.165, 1.54) is 11.3 Å². The Morgan fingerprint density at radius 1 is 1.14 bits per heavy atom. The minimum absolute atomic E-state index is 0.447. The fourth-order valence-corrected chi connectivity index (χ4v) is 2.56. The molecular weight excluding hydrogens is 276 g/mol. The number of hydrogen-bond donors (Lipinski definition) is 1. The van der Waals surface area contributed by atoms with E-state index < -0.39 is 0 Å². The molecule has 0 aliphatic heterocycles. The van der Waals surface area contributed by atoms with Gasteiger partial charge in [0, 0.05) is 17.8 Å². The van der Waals surface area contributed by atoms with E-state index in [0.29, 0.717) is 4.99 Å². The summed E-state index contributed by atoms with van der Waals surface area (Å²) >= 11 is 5.23. The van der Waals surface area contributed by atoms with Crippen LogP contribution in [0.25, 0.3) is 0 Å². The Bertz CT molecular complexity index is 608. The predicted molar refractivity (Wildman–Crippen MR) is 95.4 cm³/mol. The molecule has 0 radical (unpaired) electrons. The van der Waals surface area contributed by atoms with Crippen molar-refractivity contribution in [2.45, 2.75) is 26.7 Å². The second kappa shape index (κ2) is 7.23. The van der Waals surface area contributed by atoms with Crippen molar-refractivity contribution in [2.24, 2.45) is 5.73 Å². The standard InChI is InChI=1S/C18H22N2S/c1-3-4-12-20(15-8-6-5-7-9-15)17-13-14(2)10-11-16(17)18(19)21/h5-11,13H,3-4,12H2,1-2H3,(H2,19,21). The van der Waals surface area contributed by atoms with Gasteiger partial charge in [0.25, 0.3) is 0 Å². The number of rotatable bonds is 6. The molecule has 2 rings (SSSR count). The summed E-state index contributed by atoms with van der Waals surface area (Å²) < 4.78 is 0. The molecule has 2 aromatic carbocycles. The number of thiocarbonyl (C=S) groups is 1. The van der Waals surface area contributed by atoms with Crippen LogP contribution >= 0.6 is 12.2 Å². The van der Waals surface area contributed by atoms with Gasteiger partial charge in [-0.2, -0.15) is 0 Å². The Morgan fingerprint density at radius 2 is 1.86 bits per heavy atom. The van der Waals surface area contributed by atoms with Crippen LogP contribution in [0.4, 0.5) is 11.4 Å². The van der Waals surface area contributed by atoms with Gasteiger partial charge in [-0.25, -0.2) is 0 Å². The van der Waals surface area contributed by atoms with Crippen LogP contribution in [0.15, 0.2) is 48.5 Å². The summed E-state index contributed by atoms with van der Waals surface area (Å²) in [5.74, 6) is 0. The lowest BCUT2D eigenvalue weighted by Gasteiger charge is -2.27. The van der Waals surface area contributed by atoms with E-state index in [1.54, 1.807) is 0 Å². The topological polar surface area (TPSA) is 29.3 Å². The lowest BCUT2D eigenvalue weighted by atomic mass is 10.1. The maximum atomic E-state index is 5.91. The van der Waals surface area contributed by atoms with Crippen molar-refractivity contribution in [3.05, 3.63) is 59.7 Å². The van der Waals surface area contributed by atoms with Gasteiger partial charge in [-0.1, -0.05) is 49.8 Å². The number of benzene rings is 2. The largest absolute Gasteiger partial charge is 0.389 e. The van der Waals surface area contributed by atoms with Crippen molar-refractivity contribution in [3.8, 4) is 0 Å². The van der Waals surface area contributed by atoms with Crippen molar-refractivity contribution >= 4 is 28.6 Å². The van der Waals surface area contributed by atoms with Gasteiger partial charge in [0.15, 0.2) is 0 Å². The second-order valence-electron chi connectivity index (χ2n) is 5.23. The van der Waals surface area contributed by atoms with Gasteiger partial charge in [0.05, 0.1) is 5.69 Å². The maximum absolute atomic E-state index is 5.91. The summed E-state index contributed by atoms with van der Waals surface area (Å²) in [6.45, 7) is 5.25. The van der Waals surface area contributed by atoms with Crippen molar-refractivity contribution in [2.75, 3.05) is 11.4 Å². The molecule has 0 bridgehead atoms. The molecule has 0 aromatic heterocycles. The number of aryl methyl sites for hydroxylation is 1. The molecule has 0 heterocycles. The van der Waals surface area contributed by atoms with E-state index in [9.17, 15) is 0 Å². The Morgan fingerprint density at radius 3 is 2.48 bits per heavy atom. The molecule has 0 aliphatic rings. The summed E-state index contributed by atoms with van der Waals surface area (Å²) in [5, 5.41) is 0. The molecule has 0 fully saturated rings. The Balaban J connectivity index is 2.50. The normalized spacial score (nSPS) is 10.4. The molecule has 2 N–H and O–H groups in total. The van der Waals surface area contributed by atoms with Crippen LogP contribution in [0.3, 0.4) is 0 Å². The average molecular weight is 298 g/mol. The zero-order valence-corrected chi connectivity index (χ0v) is 13.5. The number of unbranched alkanes of at least 4 members (excludes halogenated alkanes) is 1. The zero-order chi connectivity index (χ0) is 15.2. The molecule has 0 spiro atoms. The van der Waals surface area contributed by atoms with Gasteiger partial charge in [-0.15, -0.1) is 0 Å². The number of hydrogen-bond acceptors (Lipinski definition) is 2. The van der Waals surface area contributed by atoms with E-state index in [1.807, 2.05) is 12.1 Å². The van der Waals surface area contributed by atoms with Gasteiger partial charge < -0.3 is 10.6 Å². The van der Waals surface area contributed by atoms with E-state index in [-0.39, 0.29) is 0 Å².